The van der Waals surface area contributed by atoms with E-state index in [1.807, 2.05) is 6.20 Å². The molecule has 1 aliphatic rings. The Labute approximate surface area is 111 Å². The number of anilines is 2. The van der Waals surface area contributed by atoms with Crippen LogP contribution in [0.2, 0.25) is 0 Å². The largest absolute Gasteiger partial charge is 0.316 e. The first-order chi connectivity index (χ1) is 9.42. The number of hydrogen-bond donors (Lipinski definition) is 2. The van der Waals surface area contributed by atoms with E-state index in [-0.39, 0.29) is 0 Å². The van der Waals surface area contributed by atoms with Crippen molar-refractivity contribution in [3.05, 3.63) is 36.5 Å². The fraction of sp³-hybridized carbons (Fsp3) is 0.385. The van der Waals surface area contributed by atoms with Gasteiger partial charge in [0.2, 0.25) is 5.95 Å². The van der Waals surface area contributed by atoms with Crippen molar-refractivity contribution in [2.75, 3.05) is 18.4 Å². The molecule has 2 aromatic heterocycles. The summed E-state index contributed by atoms with van der Waals surface area (Å²) in [4.78, 5) is 17.1. The molecule has 1 aliphatic heterocycles. The highest BCUT2D eigenvalue weighted by molar-refractivity contribution is 5.45. The van der Waals surface area contributed by atoms with Crippen LogP contribution < -0.4 is 10.6 Å². The van der Waals surface area contributed by atoms with Crippen molar-refractivity contribution in [2.45, 2.75) is 18.8 Å². The van der Waals surface area contributed by atoms with Crippen LogP contribution in [0.25, 0.3) is 0 Å². The molecule has 0 spiro atoms. The molecule has 6 nitrogen and oxygen atoms in total. The molecule has 19 heavy (non-hydrogen) atoms. The molecule has 0 radical (unpaired) electrons. The lowest BCUT2D eigenvalue weighted by Gasteiger charge is -2.22. The molecular formula is C13H16N6. The third-order valence-corrected chi connectivity index (χ3v) is 3.17. The Balaban J connectivity index is 1.76. The molecule has 1 unspecified atom stereocenters. The SMILES string of the molecule is c1cnc(Nc2cncc(C3CCCNC3)n2)nc1. The van der Waals surface area contributed by atoms with Crippen molar-refractivity contribution in [1.29, 1.82) is 0 Å². The van der Waals surface area contributed by atoms with E-state index in [1.165, 1.54) is 6.42 Å². The number of hydrogen-bond acceptors (Lipinski definition) is 6. The predicted octanol–water partition coefficient (Wildman–Crippen LogP) is 1.48. The number of piperidine rings is 1. The Bertz CT molecular complexity index is 524. The zero-order chi connectivity index (χ0) is 12.9. The van der Waals surface area contributed by atoms with Gasteiger partial charge in [-0.2, -0.15) is 0 Å². The highest BCUT2D eigenvalue weighted by Gasteiger charge is 2.17. The number of rotatable bonds is 3. The monoisotopic (exact) mass is 256 g/mol. The molecule has 0 aliphatic carbocycles. The molecule has 3 heterocycles. The Hall–Kier alpha value is -2.08. The molecular weight excluding hydrogens is 240 g/mol. The second kappa shape index (κ2) is 5.71. The number of nitrogens with one attached hydrogen (secondary N) is 2. The van der Waals surface area contributed by atoms with Crippen LogP contribution in [0.3, 0.4) is 0 Å². The van der Waals surface area contributed by atoms with Crippen molar-refractivity contribution in [3.63, 3.8) is 0 Å². The smallest absolute Gasteiger partial charge is 0.228 e. The molecule has 98 valence electrons. The van der Waals surface area contributed by atoms with Crippen LogP contribution in [0.15, 0.2) is 30.9 Å². The Kier molecular flexibility index (Phi) is 3.60. The molecule has 2 N–H and O–H groups in total. The summed E-state index contributed by atoms with van der Waals surface area (Å²) in [6, 6.07) is 1.78. The van der Waals surface area contributed by atoms with Gasteiger partial charge in [0.1, 0.15) is 0 Å². The van der Waals surface area contributed by atoms with Crippen LogP contribution in [0.1, 0.15) is 24.5 Å². The first-order valence-corrected chi connectivity index (χ1v) is 6.48. The lowest BCUT2D eigenvalue weighted by Crippen LogP contribution is -2.29. The fourth-order valence-electron chi connectivity index (χ4n) is 2.22. The van der Waals surface area contributed by atoms with Gasteiger partial charge in [0.15, 0.2) is 5.82 Å². The molecule has 3 rings (SSSR count). The highest BCUT2D eigenvalue weighted by atomic mass is 15.1. The highest BCUT2D eigenvalue weighted by Crippen LogP contribution is 2.22. The number of aromatic nitrogens is 4. The standard InChI is InChI=1S/C13H16N6/c1-3-10(7-14-4-1)11-8-15-9-12(18-11)19-13-16-5-2-6-17-13/h2,5-6,8-10,14H,1,3-4,7H2,(H,16,17,18,19). The van der Waals surface area contributed by atoms with E-state index in [2.05, 4.69) is 30.6 Å². The predicted molar refractivity (Wildman–Crippen MR) is 72.2 cm³/mol. The summed E-state index contributed by atoms with van der Waals surface area (Å²) in [5.41, 5.74) is 1.02. The lowest BCUT2D eigenvalue weighted by molar-refractivity contribution is 0.454. The second-order valence-electron chi connectivity index (χ2n) is 4.57. The maximum Gasteiger partial charge on any atom is 0.228 e. The zero-order valence-corrected chi connectivity index (χ0v) is 10.6. The van der Waals surface area contributed by atoms with Gasteiger partial charge in [-0.3, -0.25) is 4.98 Å². The lowest BCUT2D eigenvalue weighted by atomic mass is 9.96. The molecule has 0 bridgehead atoms. The quantitative estimate of drug-likeness (QED) is 0.866. The van der Waals surface area contributed by atoms with Gasteiger partial charge in [0.05, 0.1) is 11.9 Å². The maximum absolute atomic E-state index is 4.60. The van der Waals surface area contributed by atoms with Crippen molar-refractivity contribution >= 4 is 11.8 Å². The van der Waals surface area contributed by atoms with Gasteiger partial charge in [-0.15, -0.1) is 0 Å². The molecule has 0 aromatic carbocycles. The molecule has 0 amide bonds. The van der Waals surface area contributed by atoms with Gasteiger partial charge in [-0.05, 0) is 25.5 Å². The van der Waals surface area contributed by atoms with E-state index in [1.54, 1.807) is 24.7 Å². The minimum atomic E-state index is 0.444. The van der Waals surface area contributed by atoms with Crippen molar-refractivity contribution in [3.8, 4) is 0 Å². The van der Waals surface area contributed by atoms with Crippen LogP contribution in [-0.4, -0.2) is 33.0 Å². The summed E-state index contributed by atoms with van der Waals surface area (Å²) < 4.78 is 0. The van der Waals surface area contributed by atoms with Crippen molar-refractivity contribution in [1.82, 2.24) is 25.3 Å². The van der Waals surface area contributed by atoms with E-state index in [4.69, 9.17) is 0 Å². The van der Waals surface area contributed by atoms with Crippen LogP contribution in [0.4, 0.5) is 11.8 Å². The maximum atomic E-state index is 4.60. The summed E-state index contributed by atoms with van der Waals surface area (Å²) in [6.07, 6.45) is 9.26. The molecule has 1 fully saturated rings. The van der Waals surface area contributed by atoms with Gasteiger partial charge >= 0.3 is 0 Å². The molecule has 1 atom stereocenters. The van der Waals surface area contributed by atoms with Gasteiger partial charge in [-0.1, -0.05) is 0 Å². The van der Waals surface area contributed by atoms with Gasteiger partial charge in [0, 0.05) is 31.1 Å². The van der Waals surface area contributed by atoms with Crippen LogP contribution in [0.5, 0.6) is 0 Å². The first kappa shape index (κ1) is 12.0. The third kappa shape index (κ3) is 3.03. The zero-order valence-electron chi connectivity index (χ0n) is 10.6. The normalized spacial score (nSPS) is 19.1. The summed E-state index contributed by atoms with van der Waals surface area (Å²) in [6.45, 7) is 2.07. The van der Waals surface area contributed by atoms with E-state index in [0.717, 1.165) is 25.2 Å². The van der Waals surface area contributed by atoms with Gasteiger partial charge in [0.25, 0.3) is 0 Å². The van der Waals surface area contributed by atoms with Gasteiger partial charge in [-0.25, -0.2) is 15.0 Å². The van der Waals surface area contributed by atoms with Crippen LogP contribution >= 0.6 is 0 Å². The van der Waals surface area contributed by atoms with Gasteiger partial charge < -0.3 is 10.6 Å². The summed E-state index contributed by atoms with van der Waals surface area (Å²) in [5.74, 6) is 1.67. The summed E-state index contributed by atoms with van der Waals surface area (Å²) >= 11 is 0. The third-order valence-electron chi connectivity index (χ3n) is 3.17. The summed E-state index contributed by atoms with van der Waals surface area (Å²) in [7, 11) is 0. The van der Waals surface area contributed by atoms with E-state index in [0.29, 0.717) is 17.7 Å². The summed E-state index contributed by atoms with van der Waals surface area (Å²) in [5, 5.41) is 6.46. The molecule has 6 heteroatoms. The minimum Gasteiger partial charge on any atom is -0.316 e. The number of nitrogens with zero attached hydrogens (tertiary/aromatic N) is 4. The molecule has 0 saturated carbocycles. The van der Waals surface area contributed by atoms with Crippen molar-refractivity contribution < 1.29 is 0 Å². The Morgan fingerprint density at radius 1 is 1.21 bits per heavy atom. The minimum absolute atomic E-state index is 0.444. The molecule has 2 aromatic rings. The first-order valence-electron chi connectivity index (χ1n) is 6.48. The van der Waals surface area contributed by atoms with Crippen LogP contribution in [-0.2, 0) is 0 Å². The Morgan fingerprint density at radius 2 is 2.11 bits per heavy atom. The average molecular weight is 256 g/mol. The fourth-order valence-corrected chi connectivity index (χ4v) is 2.22. The van der Waals surface area contributed by atoms with E-state index < -0.39 is 0 Å². The van der Waals surface area contributed by atoms with E-state index in [9.17, 15) is 0 Å². The second-order valence-corrected chi connectivity index (χ2v) is 4.57. The van der Waals surface area contributed by atoms with Crippen molar-refractivity contribution in [2.24, 2.45) is 0 Å². The topological polar surface area (TPSA) is 75.6 Å². The average Bonchev–Trinajstić information content (AvgIpc) is 2.49. The Morgan fingerprint density at radius 3 is 2.89 bits per heavy atom. The van der Waals surface area contributed by atoms with E-state index >= 15 is 0 Å². The molecule has 1 saturated heterocycles. The van der Waals surface area contributed by atoms with Crippen LogP contribution in [0, 0.1) is 0 Å².